The molecule has 2 aromatic rings. The number of hydrogen-bond donors (Lipinski definition) is 2. The van der Waals surface area contributed by atoms with E-state index in [0.717, 1.165) is 11.3 Å². The summed E-state index contributed by atoms with van der Waals surface area (Å²) >= 11 is 0. The van der Waals surface area contributed by atoms with E-state index in [0.29, 0.717) is 18.5 Å². The molecular formula is C13H14N4O3S. The highest BCUT2D eigenvalue weighted by atomic mass is 32.2. The monoisotopic (exact) mass is 306 g/mol. The number of H-pyrrole nitrogens is 1. The molecule has 0 unspecified atom stereocenters. The topological polar surface area (TPSA) is 105 Å². The van der Waals surface area contributed by atoms with Crippen molar-refractivity contribution in [3.63, 3.8) is 0 Å². The second-order valence-corrected chi connectivity index (χ2v) is 7.09. The lowest BCUT2D eigenvalue weighted by Crippen LogP contribution is -2.26. The number of nitrogens with zero attached hydrogens (tertiary/aromatic N) is 2. The molecule has 110 valence electrons. The predicted molar refractivity (Wildman–Crippen MR) is 75.2 cm³/mol. The summed E-state index contributed by atoms with van der Waals surface area (Å²) in [5.74, 6) is -0.404. The van der Waals surface area contributed by atoms with Gasteiger partial charge < -0.3 is 5.32 Å². The van der Waals surface area contributed by atoms with Gasteiger partial charge in [0.1, 0.15) is 0 Å². The number of carbonyl (C=O) groups excluding carboxylic acids is 1. The van der Waals surface area contributed by atoms with Crippen LogP contribution in [0.25, 0.3) is 0 Å². The first-order valence-electron chi connectivity index (χ1n) is 6.49. The normalized spacial score (nSPS) is 16.2. The number of hydrogen-bond acceptors (Lipinski definition) is 5. The Morgan fingerprint density at radius 1 is 1.33 bits per heavy atom. The van der Waals surface area contributed by atoms with Crippen LogP contribution in [0.1, 0.15) is 27.3 Å². The Balaban J connectivity index is 1.76. The fraction of sp³-hybridized carbons (Fsp3) is 0.308. The van der Waals surface area contributed by atoms with Crippen LogP contribution >= 0.6 is 0 Å². The van der Waals surface area contributed by atoms with E-state index in [9.17, 15) is 13.2 Å². The summed E-state index contributed by atoms with van der Waals surface area (Å²) in [5.41, 5.74) is 2.31. The first-order chi connectivity index (χ1) is 10.1. The van der Waals surface area contributed by atoms with Crippen molar-refractivity contribution in [1.29, 1.82) is 0 Å². The van der Waals surface area contributed by atoms with Gasteiger partial charge in [-0.1, -0.05) is 0 Å². The van der Waals surface area contributed by atoms with Crippen LogP contribution in [0.15, 0.2) is 24.5 Å². The molecule has 2 N–H and O–H groups in total. The molecule has 1 aliphatic heterocycles. The zero-order valence-electron chi connectivity index (χ0n) is 11.2. The lowest BCUT2D eigenvalue weighted by Gasteiger charge is -2.12. The Kier molecular flexibility index (Phi) is 3.46. The van der Waals surface area contributed by atoms with Crippen LogP contribution in [0.5, 0.6) is 0 Å². The zero-order chi connectivity index (χ0) is 14.9. The molecule has 8 heteroatoms. The summed E-state index contributed by atoms with van der Waals surface area (Å²) in [5, 5.41) is 9.45. The van der Waals surface area contributed by atoms with Crippen LogP contribution in [0.4, 0.5) is 0 Å². The minimum atomic E-state index is -3.14. The summed E-state index contributed by atoms with van der Waals surface area (Å²) in [6.45, 7) is 0.343. The van der Waals surface area contributed by atoms with Crippen molar-refractivity contribution in [2.24, 2.45) is 0 Å². The molecule has 21 heavy (non-hydrogen) atoms. The maximum Gasteiger partial charge on any atom is 0.272 e. The van der Waals surface area contributed by atoms with Gasteiger partial charge in [0.25, 0.3) is 5.91 Å². The molecule has 7 nitrogen and oxygen atoms in total. The molecular weight excluding hydrogens is 292 g/mol. The third-order valence-corrected chi connectivity index (χ3v) is 4.95. The number of nitrogens with one attached hydrogen (secondary N) is 2. The van der Waals surface area contributed by atoms with Gasteiger partial charge in [-0.15, -0.1) is 0 Å². The number of pyridine rings is 1. The molecule has 0 atom stereocenters. The van der Waals surface area contributed by atoms with Gasteiger partial charge in [0, 0.05) is 36.6 Å². The second kappa shape index (κ2) is 5.28. The quantitative estimate of drug-likeness (QED) is 0.843. The summed E-state index contributed by atoms with van der Waals surface area (Å²) in [4.78, 5) is 16.1. The standard InChI is InChI=1S/C13H14N4O3S/c18-13(15-7-9-1-4-14-5-2-9)12-10-8-21(19,20)6-3-11(10)16-17-12/h1-2,4-5H,3,6-8H2,(H,15,18)(H,16,17). The first kappa shape index (κ1) is 13.7. The predicted octanol–water partition coefficient (Wildman–Crippen LogP) is 0.206. The summed E-state index contributed by atoms with van der Waals surface area (Å²) in [6, 6.07) is 3.59. The molecule has 0 radical (unpaired) electrons. The molecule has 0 saturated heterocycles. The van der Waals surface area contributed by atoms with Gasteiger partial charge in [0.15, 0.2) is 15.5 Å². The van der Waals surface area contributed by atoms with E-state index in [1.165, 1.54) is 0 Å². The zero-order valence-corrected chi connectivity index (χ0v) is 12.0. The number of aryl methyl sites for hydroxylation is 1. The minimum Gasteiger partial charge on any atom is -0.347 e. The summed E-state index contributed by atoms with van der Waals surface area (Å²) in [7, 11) is -3.14. The van der Waals surface area contributed by atoms with Crippen LogP contribution in [0, 0.1) is 0 Å². The smallest absolute Gasteiger partial charge is 0.272 e. The molecule has 1 amide bonds. The molecule has 3 rings (SSSR count). The molecule has 0 spiro atoms. The van der Waals surface area contributed by atoms with Gasteiger partial charge in [-0.2, -0.15) is 5.10 Å². The Bertz CT molecular complexity index is 768. The van der Waals surface area contributed by atoms with Crippen molar-refractivity contribution in [2.75, 3.05) is 5.75 Å². The van der Waals surface area contributed by atoms with Gasteiger partial charge in [0.2, 0.25) is 0 Å². The summed E-state index contributed by atoms with van der Waals surface area (Å²) in [6.07, 6.45) is 3.66. The molecule has 0 fully saturated rings. The Morgan fingerprint density at radius 3 is 2.86 bits per heavy atom. The molecule has 3 heterocycles. The largest absolute Gasteiger partial charge is 0.347 e. The highest BCUT2D eigenvalue weighted by Crippen LogP contribution is 2.21. The lowest BCUT2D eigenvalue weighted by molar-refractivity contribution is 0.0945. The van der Waals surface area contributed by atoms with E-state index in [-0.39, 0.29) is 23.1 Å². The number of aromatic amines is 1. The molecule has 2 aromatic heterocycles. The lowest BCUT2D eigenvalue weighted by atomic mass is 10.1. The number of aromatic nitrogens is 3. The van der Waals surface area contributed by atoms with Crippen molar-refractivity contribution in [3.05, 3.63) is 47.0 Å². The van der Waals surface area contributed by atoms with Crippen LogP contribution in [-0.2, 0) is 28.6 Å². The number of fused-ring (bicyclic) bond motifs is 1. The number of rotatable bonds is 3. The highest BCUT2D eigenvalue weighted by molar-refractivity contribution is 7.90. The fourth-order valence-corrected chi connectivity index (χ4v) is 3.68. The average Bonchev–Trinajstić information content (AvgIpc) is 2.87. The van der Waals surface area contributed by atoms with Crippen LogP contribution in [-0.4, -0.2) is 35.3 Å². The third kappa shape index (κ3) is 2.94. The van der Waals surface area contributed by atoms with Crippen LogP contribution < -0.4 is 5.32 Å². The average molecular weight is 306 g/mol. The number of amides is 1. The van der Waals surface area contributed by atoms with E-state index in [1.807, 2.05) is 0 Å². The van der Waals surface area contributed by atoms with Crippen LogP contribution in [0.3, 0.4) is 0 Å². The highest BCUT2D eigenvalue weighted by Gasteiger charge is 2.28. The van der Waals surface area contributed by atoms with E-state index < -0.39 is 9.84 Å². The number of sulfone groups is 1. The van der Waals surface area contributed by atoms with E-state index >= 15 is 0 Å². The van der Waals surface area contributed by atoms with Crippen molar-refractivity contribution < 1.29 is 13.2 Å². The SMILES string of the molecule is O=C(NCc1ccncc1)c1n[nH]c2c1CS(=O)(=O)CC2. The molecule has 0 aromatic carbocycles. The van der Waals surface area contributed by atoms with Crippen LogP contribution in [0.2, 0.25) is 0 Å². The second-order valence-electron chi connectivity index (χ2n) is 4.91. The maximum absolute atomic E-state index is 12.2. The minimum absolute atomic E-state index is 0.0975. The van der Waals surface area contributed by atoms with E-state index in [1.54, 1.807) is 24.5 Å². The summed E-state index contributed by atoms with van der Waals surface area (Å²) < 4.78 is 23.4. The van der Waals surface area contributed by atoms with Gasteiger partial charge >= 0.3 is 0 Å². The molecule has 0 saturated carbocycles. The number of carbonyl (C=O) groups is 1. The maximum atomic E-state index is 12.2. The van der Waals surface area contributed by atoms with Crippen molar-refractivity contribution >= 4 is 15.7 Å². The molecule has 0 aliphatic carbocycles. The van der Waals surface area contributed by atoms with Crippen molar-refractivity contribution in [3.8, 4) is 0 Å². The van der Waals surface area contributed by atoms with Gasteiger partial charge in [0.05, 0.1) is 11.5 Å². The first-order valence-corrected chi connectivity index (χ1v) is 8.31. The van der Waals surface area contributed by atoms with Gasteiger partial charge in [-0.05, 0) is 17.7 Å². The van der Waals surface area contributed by atoms with Crippen molar-refractivity contribution in [1.82, 2.24) is 20.5 Å². The van der Waals surface area contributed by atoms with Crippen molar-refractivity contribution in [2.45, 2.75) is 18.7 Å². The Labute approximate surface area is 121 Å². The molecule has 1 aliphatic rings. The molecule has 0 bridgehead atoms. The Morgan fingerprint density at radius 2 is 2.10 bits per heavy atom. The van der Waals surface area contributed by atoms with E-state index in [2.05, 4.69) is 20.5 Å². The fourth-order valence-electron chi connectivity index (χ4n) is 2.27. The van der Waals surface area contributed by atoms with Gasteiger partial charge in [-0.25, -0.2) is 8.42 Å². The van der Waals surface area contributed by atoms with Gasteiger partial charge in [-0.3, -0.25) is 14.9 Å². The third-order valence-electron chi connectivity index (χ3n) is 3.40. The Hall–Kier alpha value is -2.22. The van der Waals surface area contributed by atoms with E-state index in [4.69, 9.17) is 0 Å².